The fourth-order valence-electron chi connectivity index (χ4n) is 2.00. The molecule has 6 nitrogen and oxygen atoms in total. The van der Waals surface area contributed by atoms with Crippen molar-refractivity contribution in [3.8, 4) is 0 Å². The van der Waals surface area contributed by atoms with E-state index in [9.17, 15) is 10.1 Å². The minimum atomic E-state index is -0.452. The summed E-state index contributed by atoms with van der Waals surface area (Å²) in [6.07, 6.45) is 3.83. The molecular weight excluding hydrogens is 240 g/mol. The number of rotatable bonds is 4. The molecule has 1 unspecified atom stereocenters. The topological polar surface area (TPSA) is 73.0 Å². The lowest BCUT2D eigenvalue weighted by molar-refractivity contribution is -0.388. The monoisotopic (exact) mass is 256 g/mol. The fraction of sp³-hybridized carbons (Fsp3) is 0.700. The van der Waals surface area contributed by atoms with Gasteiger partial charge in [-0.05, 0) is 35.4 Å². The van der Waals surface area contributed by atoms with Crippen molar-refractivity contribution in [1.29, 1.82) is 0 Å². The number of hydrogen-bond acceptors (Lipinski definition) is 5. The second kappa shape index (κ2) is 4.56. The summed E-state index contributed by atoms with van der Waals surface area (Å²) in [5, 5.41) is 14.0. The maximum Gasteiger partial charge on any atom is 0.406 e. The molecule has 7 heteroatoms. The Bertz CT molecular complexity index is 426. The molecule has 1 aliphatic heterocycles. The van der Waals surface area contributed by atoms with Gasteiger partial charge in [-0.25, -0.2) is 0 Å². The first kappa shape index (κ1) is 12.2. The third kappa shape index (κ3) is 2.54. The number of hydrogen-bond donors (Lipinski definition) is 1. The van der Waals surface area contributed by atoms with Gasteiger partial charge in [0, 0.05) is 18.3 Å². The third-order valence-electron chi connectivity index (χ3n) is 3.02. The van der Waals surface area contributed by atoms with Crippen molar-refractivity contribution >= 4 is 23.4 Å². The van der Waals surface area contributed by atoms with E-state index in [2.05, 4.69) is 17.2 Å². The normalized spacial score (nSPS) is 23.9. The summed E-state index contributed by atoms with van der Waals surface area (Å²) in [6, 6.07) is 0. The van der Waals surface area contributed by atoms with Gasteiger partial charge in [-0.1, -0.05) is 0 Å². The standard InChI is InChI=1S/C10H16N4O2S/c1-10(4-3-5-17-10)6-11-8-9(14(15)16)12-7-13(8)2/h7,11H,3-6H2,1-2H3. The van der Waals surface area contributed by atoms with E-state index in [-0.39, 0.29) is 10.6 Å². The summed E-state index contributed by atoms with van der Waals surface area (Å²) in [5.74, 6) is 1.56. The molecule has 2 rings (SSSR count). The quantitative estimate of drug-likeness (QED) is 0.659. The van der Waals surface area contributed by atoms with Crippen LogP contribution in [0.15, 0.2) is 6.33 Å². The van der Waals surface area contributed by atoms with Gasteiger partial charge >= 0.3 is 5.82 Å². The second-order valence-electron chi connectivity index (χ2n) is 4.54. The zero-order chi connectivity index (χ0) is 12.5. The number of anilines is 1. The molecule has 94 valence electrons. The molecule has 1 aromatic rings. The molecule has 17 heavy (non-hydrogen) atoms. The maximum absolute atomic E-state index is 10.8. The number of nitrogens with one attached hydrogen (secondary N) is 1. The lowest BCUT2D eigenvalue weighted by atomic mass is 10.1. The highest BCUT2D eigenvalue weighted by Crippen LogP contribution is 2.38. The Morgan fingerprint density at radius 1 is 1.76 bits per heavy atom. The molecule has 0 bridgehead atoms. The van der Waals surface area contributed by atoms with Crippen LogP contribution in [0.5, 0.6) is 0 Å². The first-order valence-electron chi connectivity index (χ1n) is 5.55. The van der Waals surface area contributed by atoms with Crippen molar-refractivity contribution in [1.82, 2.24) is 9.55 Å². The minimum absolute atomic E-state index is 0.0981. The van der Waals surface area contributed by atoms with Gasteiger partial charge in [0.05, 0.1) is 0 Å². The van der Waals surface area contributed by atoms with Crippen LogP contribution in [0.25, 0.3) is 0 Å². The Labute approximate surface area is 104 Å². The van der Waals surface area contributed by atoms with Crippen molar-refractivity contribution < 1.29 is 4.92 Å². The molecule has 1 aliphatic rings. The van der Waals surface area contributed by atoms with Crippen LogP contribution in [-0.4, -0.2) is 31.5 Å². The Morgan fingerprint density at radius 2 is 2.53 bits per heavy atom. The van der Waals surface area contributed by atoms with Gasteiger partial charge in [-0.2, -0.15) is 11.8 Å². The van der Waals surface area contributed by atoms with Crippen molar-refractivity contribution in [2.24, 2.45) is 7.05 Å². The highest BCUT2D eigenvalue weighted by molar-refractivity contribution is 8.00. The van der Waals surface area contributed by atoms with E-state index >= 15 is 0 Å². The molecule has 0 saturated carbocycles. The van der Waals surface area contributed by atoms with Crippen molar-refractivity contribution in [3.63, 3.8) is 0 Å². The molecule has 0 radical (unpaired) electrons. The summed E-state index contributed by atoms with van der Waals surface area (Å²) in [7, 11) is 1.76. The summed E-state index contributed by atoms with van der Waals surface area (Å²) in [6.45, 7) is 2.93. The summed E-state index contributed by atoms with van der Waals surface area (Å²) in [5.41, 5.74) is 0. The van der Waals surface area contributed by atoms with Gasteiger partial charge in [0.2, 0.25) is 12.1 Å². The summed E-state index contributed by atoms with van der Waals surface area (Å²) >= 11 is 1.92. The van der Waals surface area contributed by atoms with Crippen LogP contribution in [0.4, 0.5) is 11.6 Å². The second-order valence-corrected chi connectivity index (χ2v) is 6.22. The average Bonchev–Trinajstić information content (AvgIpc) is 2.83. The van der Waals surface area contributed by atoms with E-state index in [1.54, 1.807) is 11.6 Å². The Kier molecular flexibility index (Phi) is 3.28. The molecule has 1 fully saturated rings. The zero-order valence-corrected chi connectivity index (χ0v) is 10.8. The van der Waals surface area contributed by atoms with Crippen LogP contribution in [0, 0.1) is 10.1 Å². The van der Waals surface area contributed by atoms with E-state index in [0.717, 1.165) is 13.0 Å². The maximum atomic E-state index is 10.8. The fourth-order valence-corrected chi connectivity index (χ4v) is 3.25. The average molecular weight is 256 g/mol. The predicted molar refractivity (Wildman–Crippen MR) is 68.4 cm³/mol. The molecule has 2 heterocycles. The molecule has 1 saturated heterocycles. The van der Waals surface area contributed by atoms with Crippen molar-refractivity contribution in [3.05, 3.63) is 16.4 Å². The number of aromatic nitrogens is 2. The Balaban J connectivity index is 2.08. The van der Waals surface area contributed by atoms with E-state index in [1.807, 2.05) is 11.8 Å². The molecule has 0 spiro atoms. The molecule has 0 aromatic carbocycles. The first-order valence-corrected chi connectivity index (χ1v) is 6.54. The molecule has 1 N–H and O–H groups in total. The van der Waals surface area contributed by atoms with Gasteiger partial charge in [0.15, 0.2) is 0 Å². The zero-order valence-electron chi connectivity index (χ0n) is 9.97. The third-order valence-corrected chi connectivity index (χ3v) is 4.56. The highest BCUT2D eigenvalue weighted by Gasteiger charge is 2.30. The van der Waals surface area contributed by atoms with Crippen molar-refractivity contribution in [2.45, 2.75) is 24.5 Å². The summed E-state index contributed by atoms with van der Waals surface area (Å²) in [4.78, 5) is 14.1. The number of thioether (sulfide) groups is 1. The smallest absolute Gasteiger partial charge is 0.363 e. The van der Waals surface area contributed by atoms with Crippen LogP contribution < -0.4 is 5.32 Å². The van der Waals surface area contributed by atoms with Gasteiger partial charge < -0.3 is 15.4 Å². The Morgan fingerprint density at radius 3 is 3.12 bits per heavy atom. The van der Waals surface area contributed by atoms with Gasteiger partial charge in [0.1, 0.15) is 0 Å². The minimum Gasteiger partial charge on any atom is -0.363 e. The predicted octanol–water partition coefficient (Wildman–Crippen LogP) is 2.03. The van der Waals surface area contributed by atoms with Crippen LogP contribution in [0.2, 0.25) is 0 Å². The van der Waals surface area contributed by atoms with Crippen molar-refractivity contribution in [2.75, 3.05) is 17.6 Å². The highest BCUT2D eigenvalue weighted by atomic mass is 32.2. The SMILES string of the molecule is Cn1cnc([N+](=O)[O-])c1NCC1(C)CCCS1. The molecule has 0 aliphatic carbocycles. The number of aryl methyl sites for hydroxylation is 1. The largest absolute Gasteiger partial charge is 0.406 e. The number of nitro groups is 1. The lowest BCUT2D eigenvalue weighted by Crippen LogP contribution is -2.27. The lowest BCUT2D eigenvalue weighted by Gasteiger charge is -2.23. The van der Waals surface area contributed by atoms with Gasteiger partial charge in [-0.15, -0.1) is 0 Å². The number of imidazole rings is 1. The molecular formula is C10H16N4O2S. The Hall–Kier alpha value is -1.24. The molecule has 0 amide bonds. The molecule has 1 atom stereocenters. The van der Waals surface area contributed by atoms with Gasteiger partial charge in [-0.3, -0.25) is 4.57 Å². The summed E-state index contributed by atoms with van der Waals surface area (Å²) < 4.78 is 1.83. The van der Waals surface area contributed by atoms with E-state index in [4.69, 9.17) is 0 Å². The van der Waals surface area contributed by atoms with Crippen LogP contribution in [-0.2, 0) is 7.05 Å². The van der Waals surface area contributed by atoms with Crippen LogP contribution >= 0.6 is 11.8 Å². The van der Waals surface area contributed by atoms with E-state index in [1.165, 1.54) is 18.5 Å². The first-order chi connectivity index (χ1) is 8.02. The van der Waals surface area contributed by atoms with E-state index in [0.29, 0.717) is 5.82 Å². The molecule has 1 aromatic heterocycles. The van der Waals surface area contributed by atoms with Gasteiger partial charge in [0.25, 0.3) is 0 Å². The van der Waals surface area contributed by atoms with Crippen LogP contribution in [0.3, 0.4) is 0 Å². The van der Waals surface area contributed by atoms with E-state index < -0.39 is 4.92 Å². The number of nitrogens with zero attached hydrogens (tertiary/aromatic N) is 3. The van der Waals surface area contributed by atoms with Crippen LogP contribution in [0.1, 0.15) is 19.8 Å².